The summed E-state index contributed by atoms with van der Waals surface area (Å²) in [6.07, 6.45) is 2.84. The minimum absolute atomic E-state index is 0.0477. The third-order valence-corrected chi connectivity index (χ3v) is 7.35. The molecule has 0 bridgehead atoms. The van der Waals surface area contributed by atoms with Gasteiger partial charge in [-0.15, -0.1) is 0 Å². The quantitative estimate of drug-likeness (QED) is 0.437. The average molecular weight is 518 g/mol. The molecule has 198 valence electrons. The molecule has 0 saturated carbocycles. The summed E-state index contributed by atoms with van der Waals surface area (Å²) < 4.78 is 32.0. The molecule has 0 aromatic heterocycles. The highest BCUT2D eigenvalue weighted by atomic mass is 32.2. The van der Waals surface area contributed by atoms with Crippen molar-refractivity contribution in [1.82, 2.24) is 10.2 Å². The van der Waals surface area contributed by atoms with Gasteiger partial charge in [-0.05, 0) is 55.5 Å². The molecule has 2 atom stereocenters. The summed E-state index contributed by atoms with van der Waals surface area (Å²) in [6.45, 7) is 7.41. The van der Waals surface area contributed by atoms with Crippen molar-refractivity contribution in [2.24, 2.45) is 0 Å². The van der Waals surface area contributed by atoms with Crippen LogP contribution in [0.1, 0.15) is 51.7 Å². The molecule has 9 heteroatoms. The number of amides is 2. The first-order valence-electron chi connectivity index (χ1n) is 12.3. The molecule has 2 aromatic rings. The van der Waals surface area contributed by atoms with Crippen molar-refractivity contribution in [3.05, 3.63) is 59.7 Å². The van der Waals surface area contributed by atoms with Crippen LogP contribution in [0.4, 0.5) is 5.69 Å². The summed E-state index contributed by atoms with van der Waals surface area (Å²) in [7, 11) is -2.19. The molecule has 8 nitrogen and oxygen atoms in total. The summed E-state index contributed by atoms with van der Waals surface area (Å²) in [6, 6.07) is 13.6. The third kappa shape index (κ3) is 7.71. The van der Waals surface area contributed by atoms with Crippen LogP contribution >= 0.6 is 0 Å². The van der Waals surface area contributed by atoms with Crippen molar-refractivity contribution in [1.29, 1.82) is 0 Å². The number of para-hydroxylation sites is 1. The number of anilines is 1. The summed E-state index contributed by atoms with van der Waals surface area (Å²) in [5.41, 5.74) is 2.09. The van der Waals surface area contributed by atoms with E-state index in [4.69, 9.17) is 4.74 Å². The Kier molecular flexibility index (Phi) is 10.8. The zero-order valence-corrected chi connectivity index (χ0v) is 23.0. The Labute approximate surface area is 215 Å². The molecule has 1 N–H and O–H groups in total. The molecule has 0 radical (unpaired) electrons. The number of aryl methyl sites for hydroxylation is 1. The second kappa shape index (κ2) is 13.3. The molecule has 0 saturated heterocycles. The summed E-state index contributed by atoms with van der Waals surface area (Å²) in [5.74, 6) is -0.0283. The van der Waals surface area contributed by atoms with Crippen molar-refractivity contribution >= 4 is 27.5 Å². The third-order valence-electron chi connectivity index (χ3n) is 6.22. The predicted octanol–water partition coefficient (Wildman–Crippen LogP) is 3.75. The van der Waals surface area contributed by atoms with E-state index < -0.39 is 28.5 Å². The van der Waals surface area contributed by atoms with Crippen LogP contribution in [0.5, 0.6) is 5.75 Å². The lowest BCUT2D eigenvalue weighted by Crippen LogP contribution is -2.53. The van der Waals surface area contributed by atoms with Crippen LogP contribution in [-0.4, -0.2) is 57.1 Å². The van der Waals surface area contributed by atoms with E-state index in [1.807, 2.05) is 52.0 Å². The second-order valence-electron chi connectivity index (χ2n) is 8.86. The first-order chi connectivity index (χ1) is 17.0. The van der Waals surface area contributed by atoms with Gasteiger partial charge in [0.25, 0.3) is 0 Å². The first-order valence-corrected chi connectivity index (χ1v) is 14.2. The highest BCUT2D eigenvalue weighted by Gasteiger charge is 2.32. The molecule has 2 aromatic carbocycles. The molecule has 0 aliphatic carbocycles. The zero-order chi connectivity index (χ0) is 26.9. The number of sulfonamides is 1. The number of carbonyl (C=O) groups is 2. The molecular weight excluding hydrogens is 478 g/mol. The summed E-state index contributed by atoms with van der Waals surface area (Å²) in [4.78, 5) is 28.4. The largest absolute Gasteiger partial charge is 0.497 e. The molecule has 0 unspecified atom stereocenters. The Morgan fingerprint density at radius 1 is 1.00 bits per heavy atom. The van der Waals surface area contributed by atoms with Crippen molar-refractivity contribution in [2.75, 3.05) is 24.2 Å². The summed E-state index contributed by atoms with van der Waals surface area (Å²) in [5, 5.41) is 2.97. The van der Waals surface area contributed by atoms with E-state index in [2.05, 4.69) is 5.32 Å². The zero-order valence-electron chi connectivity index (χ0n) is 22.2. The Bertz CT molecular complexity index is 1120. The van der Waals surface area contributed by atoms with E-state index in [1.165, 1.54) is 4.90 Å². The van der Waals surface area contributed by atoms with Crippen LogP contribution in [0.25, 0.3) is 0 Å². The van der Waals surface area contributed by atoms with Gasteiger partial charge in [0.15, 0.2) is 0 Å². The fourth-order valence-corrected chi connectivity index (χ4v) is 4.82. The normalized spacial score (nSPS) is 12.9. The van der Waals surface area contributed by atoms with Crippen LogP contribution in [0.15, 0.2) is 48.5 Å². The van der Waals surface area contributed by atoms with Crippen molar-refractivity contribution < 1.29 is 22.7 Å². The predicted molar refractivity (Wildman–Crippen MR) is 144 cm³/mol. The number of carbonyl (C=O) groups excluding carboxylic acids is 2. The number of rotatable bonds is 13. The highest BCUT2D eigenvalue weighted by Crippen LogP contribution is 2.24. The second-order valence-corrected chi connectivity index (χ2v) is 10.8. The maximum Gasteiger partial charge on any atom is 0.244 e. The minimum Gasteiger partial charge on any atom is -0.497 e. The van der Waals surface area contributed by atoms with Gasteiger partial charge in [0.1, 0.15) is 18.3 Å². The maximum absolute atomic E-state index is 13.8. The van der Waals surface area contributed by atoms with Gasteiger partial charge < -0.3 is 15.0 Å². The van der Waals surface area contributed by atoms with Crippen molar-refractivity contribution in [3.8, 4) is 5.75 Å². The molecule has 0 aliphatic rings. The topological polar surface area (TPSA) is 96.0 Å². The van der Waals surface area contributed by atoms with Crippen molar-refractivity contribution in [3.63, 3.8) is 0 Å². The van der Waals surface area contributed by atoms with E-state index in [0.717, 1.165) is 28.1 Å². The number of benzene rings is 2. The van der Waals surface area contributed by atoms with Gasteiger partial charge in [-0.25, -0.2) is 8.42 Å². The molecule has 0 fully saturated rings. The molecule has 2 rings (SSSR count). The fraction of sp³-hybridized carbons (Fsp3) is 0.481. The number of hydrogen-bond donors (Lipinski definition) is 1. The maximum atomic E-state index is 13.8. The summed E-state index contributed by atoms with van der Waals surface area (Å²) >= 11 is 0. The SMILES string of the molecule is CCc1ccccc1N(CC(=O)N(Cc1ccc(OC)cc1)[C@H](CC)C(=O)N[C@H](C)CC)S(C)(=O)=O. The van der Waals surface area contributed by atoms with Crippen LogP contribution < -0.4 is 14.4 Å². The smallest absolute Gasteiger partial charge is 0.244 e. The van der Waals surface area contributed by atoms with Gasteiger partial charge in [-0.1, -0.05) is 51.1 Å². The Morgan fingerprint density at radius 2 is 1.64 bits per heavy atom. The monoisotopic (exact) mass is 517 g/mol. The Hall–Kier alpha value is -3.07. The van der Waals surface area contributed by atoms with Crippen LogP contribution in [-0.2, 0) is 32.6 Å². The Morgan fingerprint density at radius 3 is 2.17 bits per heavy atom. The average Bonchev–Trinajstić information content (AvgIpc) is 2.86. The molecule has 0 spiro atoms. The Balaban J connectivity index is 2.47. The van der Waals surface area contributed by atoms with Crippen LogP contribution in [0, 0.1) is 0 Å². The van der Waals surface area contributed by atoms with E-state index in [-0.39, 0.29) is 18.5 Å². The molecular formula is C27H39N3O5S. The molecule has 0 heterocycles. The van der Waals surface area contributed by atoms with Crippen LogP contribution in [0.2, 0.25) is 0 Å². The first kappa shape index (κ1) is 29.2. The van der Waals surface area contributed by atoms with E-state index in [9.17, 15) is 18.0 Å². The standard InChI is InChI=1S/C27H39N3O5S/c1-7-20(4)28-27(32)24(9-3)29(18-21-14-16-23(35-5)17-15-21)26(31)19-30(36(6,33)34)25-13-11-10-12-22(25)8-2/h10-17,20,24H,7-9,18-19H2,1-6H3,(H,28,32)/t20-,24-/m1/s1. The van der Waals surface area contributed by atoms with Gasteiger partial charge >= 0.3 is 0 Å². The number of hydrogen-bond acceptors (Lipinski definition) is 5. The van der Waals surface area contributed by atoms with E-state index >= 15 is 0 Å². The van der Waals surface area contributed by atoms with Gasteiger partial charge in [0, 0.05) is 12.6 Å². The number of ether oxygens (including phenoxy) is 1. The van der Waals surface area contributed by atoms with Crippen molar-refractivity contribution in [2.45, 2.75) is 65.6 Å². The highest BCUT2D eigenvalue weighted by molar-refractivity contribution is 7.92. The van der Waals surface area contributed by atoms with Gasteiger partial charge in [-0.2, -0.15) is 0 Å². The van der Waals surface area contributed by atoms with E-state index in [1.54, 1.807) is 31.4 Å². The van der Waals surface area contributed by atoms with Crippen LogP contribution in [0.3, 0.4) is 0 Å². The molecule has 36 heavy (non-hydrogen) atoms. The van der Waals surface area contributed by atoms with Gasteiger partial charge in [0.05, 0.1) is 19.1 Å². The lowest BCUT2D eigenvalue weighted by molar-refractivity contribution is -0.140. The number of nitrogens with zero attached hydrogens (tertiary/aromatic N) is 2. The van der Waals surface area contributed by atoms with Gasteiger partial charge in [-0.3, -0.25) is 13.9 Å². The lowest BCUT2D eigenvalue weighted by Gasteiger charge is -2.33. The number of methoxy groups -OCH3 is 1. The number of nitrogens with one attached hydrogen (secondary N) is 1. The fourth-order valence-electron chi connectivity index (χ4n) is 3.94. The minimum atomic E-state index is -3.77. The van der Waals surface area contributed by atoms with E-state index in [0.29, 0.717) is 24.3 Å². The molecule has 2 amide bonds. The van der Waals surface area contributed by atoms with Gasteiger partial charge in [0.2, 0.25) is 21.8 Å². The lowest BCUT2D eigenvalue weighted by atomic mass is 10.1. The molecule has 0 aliphatic heterocycles.